The summed E-state index contributed by atoms with van der Waals surface area (Å²) in [5.41, 5.74) is 2.35. The number of thioether (sulfide) groups is 1. The van der Waals surface area contributed by atoms with E-state index in [0.717, 1.165) is 12.2 Å². The van der Waals surface area contributed by atoms with Gasteiger partial charge >= 0.3 is 0 Å². The van der Waals surface area contributed by atoms with E-state index in [2.05, 4.69) is 17.3 Å². The molecule has 0 aliphatic carbocycles. The minimum Gasteiger partial charge on any atom is -0.381 e. The standard InChI is InChI=1S/C8H13N3S/c1-6-7-8(11(2)10-6)12-5-3-4-9-7/h9H,3-5H2,1-2H3. The highest BCUT2D eigenvalue weighted by molar-refractivity contribution is 7.99. The maximum atomic E-state index is 4.37. The summed E-state index contributed by atoms with van der Waals surface area (Å²) < 4.78 is 1.97. The molecule has 66 valence electrons. The predicted molar refractivity (Wildman–Crippen MR) is 51.8 cm³/mol. The first-order chi connectivity index (χ1) is 5.79. The molecule has 0 saturated heterocycles. The van der Waals surface area contributed by atoms with Crippen molar-refractivity contribution in [2.75, 3.05) is 17.6 Å². The van der Waals surface area contributed by atoms with Crippen LogP contribution in [0.25, 0.3) is 0 Å². The Morgan fingerprint density at radius 2 is 2.42 bits per heavy atom. The quantitative estimate of drug-likeness (QED) is 0.663. The molecule has 2 heterocycles. The third-order valence-corrected chi connectivity index (χ3v) is 3.27. The Bertz CT molecular complexity index is 266. The topological polar surface area (TPSA) is 29.9 Å². The molecule has 3 nitrogen and oxygen atoms in total. The van der Waals surface area contributed by atoms with Gasteiger partial charge in [0.1, 0.15) is 5.03 Å². The first-order valence-electron chi connectivity index (χ1n) is 4.19. The van der Waals surface area contributed by atoms with Gasteiger partial charge in [0.2, 0.25) is 0 Å². The Balaban J connectivity index is 2.44. The van der Waals surface area contributed by atoms with Crippen molar-refractivity contribution in [3.63, 3.8) is 0 Å². The average molecular weight is 183 g/mol. The predicted octanol–water partition coefficient (Wildman–Crippen LogP) is 1.64. The number of hydrogen-bond acceptors (Lipinski definition) is 3. The zero-order chi connectivity index (χ0) is 8.55. The van der Waals surface area contributed by atoms with Crippen LogP contribution >= 0.6 is 11.8 Å². The summed E-state index contributed by atoms with van der Waals surface area (Å²) in [5, 5.41) is 9.06. The third kappa shape index (κ3) is 1.20. The molecule has 0 atom stereocenters. The maximum absolute atomic E-state index is 4.37. The van der Waals surface area contributed by atoms with E-state index in [9.17, 15) is 0 Å². The van der Waals surface area contributed by atoms with Crippen LogP contribution in [0.3, 0.4) is 0 Å². The van der Waals surface area contributed by atoms with E-state index in [-0.39, 0.29) is 0 Å². The van der Waals surface area contributed by atoms with Gasteiger partial charge in [0.05, 0.1) is 11.4 Å². The maximum Gasteiger partial charge on any atom is 0.117 e. The fourth-order valence-corrected chi connectivity index (χ4v) is 2.53. The number of anilines is 1. The molecule has 1 N–H and O–H groups in total. The van der Waals surface area contributed by atoms with E-state index in [4.69, 9.17) is 0 Å². The normalized spacial score (nSPS) is 16.5. The molecule has 0 spiro atoms. The van der Waals surface area contributed by atoms with Gasteiger partial charge < -0.3 is 5.32 Å². The van der Waals surface area contributed by atoms with Gasteiger partial charge in [-0.2, -0.15) is 5.10 Å². The Hall–Kier alpha value is -0.640. The molecular weight excluding hydrogens is 170 g/mol. The summed E-state index contributed by atoms with van der Waals surface area (Å²) in [5.74, 6) is 1.19. The summed E-state index contributed by atoms with van der Waals surface area (Å²) in [6, 6.07) is 0. The van der Waals surface area contributed by atoms with Crippen molar-refractivity contribution in [2.24, 2.45) is 7.05 Å². The smallest absolute Gasteiger partial charge is 0.117 e. The summed E-state index contributed by atoms with van der Waals surface area (Å²) >= 11 is 1.89. The van der Waals surface area contributed by atoms with Crippen molar-refractivity contribution >= 4 is 17.4 Å². The van der Waals surface area contributed by atoms with E-state index in [1.54, 1.807) is 0 Å². The lowest BCUT2D eigenvalue weighted by Gasteiger charge is -2.00. The number of nitrogens with one attached hydrogen (secondary N) is 1. The molecule has 12 heavy (non-hydrogen) atoms. The second-order valence-corrected chi connectivity index (χ2v) is 4.10. The number of aryl methyl sites for hydroxylation is 2. The minimum atomic E-state index is 1.08. The molecule has 1 aliphatic heterocycles. The van der Waals surface area contributed by atoms with Crippen molar-refractivity contribution in [2.45, 2.75) is 18.4 Å². The van der Waals surface area contributed by atoms with Gasteiger partial charge in [-0.1, -0.05) is 0 Å². The van der Waals surface area contributed by atoms with Gasteiger partial charge in [0.25, 0.3) is 0 Å². The molecule has 0 saturated carbocycles. The van der Waals surface area contributed by atoms with E-state index >= 15 is 0 Å². The molecule has 0 unspecified atom stereocenters. The first-order valence-corrected chi connectivity index (χ1v) is 5.18. The van der Waals surface area contributed by atoms with Crippen molar-refractivity contribution in [3.05, 3.63) is 5.69 Å². The van der Waals surface area contributed by atoms with Crippen molar-refractivity contribution in [3.8, 4) is 0 Å². The van der Waals surface area contributed by atoms with Crippen molar-refractivity contribution < 1.29 is 0 Å². The number of fused-ring (bicyclic) bond motifs is 1. The fourth-order valence-electron chi connectivity index (χ4n) is 1.46. The Morgan fingerprint density at radius 1 is 1.58 bits per heavy atom. The number of aromatic nitrogens is 2. The number of rotatable bonds is 0. The van der Waals surface area contributed by atoms with Gasteiger partial charge in [-0.15, -0.1) is 11.8 Å². The molecule has 1 aliphatic rings. The van der Waals surface area contributed by atoms with Crippen LogP contribution in [-0.4, -0.2) is 22.1 Å². The summed E-state index contributed by atoms with van der Waals surface area (Å²) in [4.78, 5) is 0. The molecule has 1 aromatic rings. The molecule has 0 bridgehead atoms. The van der Waals surface area contributed by atoms with Crippen molar-refractivity contribution in [1.29, 1.82) is 0 Å². The molecule has 0 fully saturated rings. The van der Waals surface area contributed by atoms with Crippen molar-refractivity contribution in [1.82, 2.24) is 9.78 Å². The zero-order valence-corrected chi connectivity index (χ0v) is 8.24. The van der Waals surface area contributed by atoms with E-state index in [1.807, 2.05) is 23.5 Å². The number of hydrogen-bond donors (Lipinski definition) is 1. The van der Waals surface area contributed by atoms with E-state index < -0.39 is 0 Å². The summed E-state index contributed by atoms with van der Waals surface area (Å²) in [6.45, 7) is 3.13. The molecule has 2 rings (SSSR count). The van der Waals surface area contributed by atoms with Crippen LogP contribution in [-0.2, 0) is 7.05 Å². The Labute approximate surface area is 76.5 Å². The fraction of sp³-hybridized carbons (Fsp3) is 0.625. The Kier molecular flexibility index (Phi) is 2.00. The van der Waals surface area contributed by atoms with Crippen LogP contribution in [0.1, 0.15) is 12.1 Å². The van der Waals surface area contributed by atoms with Crippen LogP contribution in [0.5, 0.6) is 0 Å². The van der Waals surface area contributed by atoms with Crippen LogP contribution in [0.4, 0.5) is 5.69 Å². The van der Waals surface area contributed by atoms with Crippen LogP contribution in [0, 0.1) is 6.92 Å². The highest BCUT2D eigenvalue weighted by atomic mass is 32.2. The lowest BCUT2D eigenvalue weighted by Crippen LogP contribution is -2.00. The van der Waals surface area contributed by atoms with Gasteiger partial charge in [0, 0.05) is 19.3 Å². The zero-order valence-electron chi connectivity index (χ0n) is 7.42. The minimum absolute atomic E-state index is 1.08. The van der Waals surface area contributed by atoms with Gasteiger partial charge in [-0.05, 0) is 13.3 Å². The average Bonchev–Trinajstić information content (AvgIpc) is 2.29. The second kappa shape index (κ2) is 3.01. The molecule has 0 aromatic carbocycles. The second-order valence-electron chi connectivity index (χ2n) is 3.02. The summed E-state index contributed by atoms with van der Waals surface area (Å²) in [6.07, 6.45) is 1.23. The van der Waals surface area contributed by atoms with E-state index in [1.165, 1.54) is 22.9 Å². The lowest BCUT2D eigenvalue weighted by atomic mass is 10.4. The van der Waals surface area contributed by atoms with E-state index in [0.29, 0.717) is 0 Å². The SMILES string of the molecule is Cc1nn(C)c2c1NCCCS2. The van der Waals surface area contributed by atoms with Crippen LogP contribution < -0.4 is 5.32 Å². The number of nitrogens with zero attached hydrogens (tertiary/aromatic N) is 2. The molecule has 4 heteroatoms. The van der Waals surface area contributed by atoms with Crippen LogP contribution in [0.2, 0.25) is 0 Å². The monoisotopic (exact) mass is 183 g/mol. The van der Waals surface area contributed by atoms with Crippen LogP contribution in [0.15, 0.2) is 5.03 Å². The van der Waals surface area contributed by atoms with Gasteiger partial charge in [-0.25, -0.2) is 0 Å². The molecule has 0 amide bonds. The molecule has 0 radical (unpaired) electrons. The largest absolute Gasteiger partial charge is 0.381 e. The highest BCUT2D eigenvalue weighted by Gasteiger charge is 2.15. The summed E-state index contributed by atoms with van der Waals surface area (Å²) in [7, 11) is 2.01. The van der Waals surface area contributed by atoms with Gasteiger partial charge in [0.15, 0.2) is 0 Å². The van der Waals surface area contributed by atoms with Gasteiger partial charge in [-0.3, -0.25) is 4.68 Å². The Morgan fingerprint density at radius 3 is 3.25 bits per heavy atom. The lowest BCUT2D eigenvalue weighted by molar-refractivity contribution is 0.693. The molecular formula is C8H13N3S. The highest BCUT2D eigenvalue weighted by Crippen LogP contribution is 2.31. The third-order valence-electron chi connectivity index (χ3n) is 2.03. The molecule has 1 aromatic heterocycles. The first kappa shape index (κ1) is 7.98.